The van der Waals surface area contributed by atoms with Gasteiger partial charge in [-0.3, -0.25) is 4.99 Å². The highest BCUT2D eigenvalue weighted by atomic mass is 28.1. The summed E-state index contributed by atoms with van der Waals surface area (Å²) in [6, 6.07) is 1.42. The van der Waals surface area contributed by atoms with Crippen LogP contribution in [-0.2, 0) is 0 Å². The van der Waals surface area contributed by atoms with E-state index in [1.165, 1.54) is 29.3 Å². The van der Waals surface area contributed by atoms with Gasteiger partial charge in [-0.25, -0.2) is 0 Å². The summed E-state index contributed by atoms with van der Waals surface area (Å²) >= 11 is 0. The lowest BCUT2D eigenvalue weighted by atomic mass is 10.4. The maximum atomic E-state index is 4.13. The van der Waals surface area contributed by atoms with Gasteiger partial charge in [0.05, 0.1) is 12.9 Å². The summed E-state index contributed by atoms with van der Waals surface area (Å²) in [6.07, 6.45) is 3.34. The van der Waals surface area contributed by atoms with E-state index < -0.39 is 0 Å². The molecule has 0 N–H and O–H groups in total. The van der Waals surface area contributed by atoms with Crippen LogP contribution in [0, 0.1) is 0 Å². The molecule has 0 spiro atoms. The quantitative estimate of drug-likeness (QED) is 0.485. The lowest BCUT2D eigenvalue weighted by molar-refractivity contribution is 0.466. The Hall–Kier alpha value is -0.313. The van der Waals surface area contributed by atoms with E-state index in [0.717, 1.165) is 13.1 Å². The summed E-state index contributed by atoms with van der Waals surface area (Å²) in [5.41, 5.74) is 0. The van der Waals surface area contributed by atoms with Crippen LogP contribution < -0.4 is 0 Å². The zero-order valence-corrected chi connectivity index (χ0v) is 8.01. The van der Waals surface area contributed by atoms with Gasteiger partial charge in [0.2, 0.25) is 0 Å². The SMILES string of the molecule is [SiH3]CCCN1C=NCC1. The van der Waals surface area contributed by atoms with E-state index in [1.54, 1.807) is 0 Å². The van der Waals surface area contributed by atoms with Crippen molar-refractivity contribution in [3.8, 4) is 0 Å². The molecule has 0 fully saturated rings. The number of aliphatic imine (C=N–C) groups is 1. The summed E-state index contributed by atoms with van der Waals surface area (Å²) in [4.78, 5) is 6.43. The predicted octanol–water partition coefficient (Wildman–Crippen LogP) is -0.496. The molecule has 0 amide bonds. The van der Waals surface area contributed by atoms with Gasteiger partial charge < -0.3 is 4.90 Å². The monoisotopic (exact) mass is 142 g/mol. The zero-order valence-electron chi connectivity index (χ0n) is 6.01. The molecule has 0 saturated carbocycles. The fourth-order valence-corrected chi connectivity index (χ4v) is 1.26. The van der Waals surface area contributed by atoms with Crippen LogP contribution in [0.1, 0.15) is 6.42 Å². The molecule has 0 aromatic rings. The normalized spacial score (nSPS) is 17.6. The zero-order chi connectivity index (χ0) is 6.53. The Labute approximate surface area is 59.4 Å². The number of hydrogen-bond acceptors (Lipinski definition) is 2. The number of hydrogen-bond donors (Lipinski definition) is 0. The van der Waals surface area contributed by atoms with Crippen molar-refractivity contribution in [3.05, 3.63) is 0 Å². The van der Waals surface area contributed by atoms with Crippen LogP contribution >= 0.6 is 0 Å². The Balaban J connectivity index is 2.05. The topological polar surface area (TPSA) is 15.6 Å². The molecule has 0 aliphatic carbocycles. The standard InChI is InChI=1S/C6H14N2Si/c9-5-1-3-8-4-2-7-6-8/h6H,1-5H2,9H3. The van der Waals surface area contributed by atoms with Crippen LogP contribution in [0.25, 0.3) is 0 Å². The molecule has 3 heteroatoms. The van der Waals surface area contributed by atoms with Gasteiger partial charge in [0.15, 0.2) is 0 Å². The molecule has 1 aliphatic heterocycles. The minimum atomic E-state index is 1.02. The van der Waals surface area contributed by atoms with E-state index in [9.17, 15) is 0 Å². The van der Waals surface area contributed by atoms with Crippen molar-refractivity contribution in [2.45, 2.75) is 12.5 Å². The Kier molecular flexibility index (Phi) is 2.77. The lowest BCUT2D eigenvalue weighted by Crippen LogP contribution is -2.20. The van der Waals surface area contributed by atoms with E-state index in [0.29, 0.717) is 0 Å². The van der Waals surface area contributed by atoms with Crippen LogP contribution in [0.3, 0.4) is 0 Å². The Morgan fingerprint density at radius 1 is 1.67 bits per heavy atom. The maximum Gasteiger partial charge on any atom is 0.0851 e. The second kappa shape index (κ2) is 3.66. The fraction of sp³-hybridized carbons (Fsp3) is 0.833. The first-order chi connectivity index (χ1) is 4.43. The third-order valence-corrected chi connectivity index (χ3v) is 2.27. The van der Waals surface area contributed by atoms with Crippen molar-refractivity contribution in [2.24, 2.45) is 4.99 Å². The van der Waals surface area contributed by atoms with E-state index in [2.05, 4.69) is 9.89 Å². The summed E-state index contributed by atoms with van der Waals surface area (Å²) in [5, 5.41) is 0. The summed E-state index contributed by atoms with van der Waals surface area (Å²) < 4.78 is 0. The molecule has 0 saturated heterocycles. The van der Waals surface area contributed by atoms with Crippen LogP contribution in [0.5, 0.6) is 0 Å². The molecule has 0 bridgehead atoms. The van der Waals surface area contributed by atoms with Crippen molar-refractivity contribution >= 4 is 16.6 Å². The average molecular weight is 142 g/mol. The summed E-state index contributed by atoms with van der Waals surface area (Å²) in [6.45, 7) is 3.40. The smallest absolute Gasteiger partial charge is 0.0851 e. The van der Waals surface area contributed by atoms with Crippen LogP contribution in [0.2, 0.25) is 6.04 Å². The minimum absolute atomic E-state index is 1.02. The van der Waals surface area contributed by atoms with Crippen LogP contribution in [0.15, 0.2) is 4.99 Å². The van der Waals surface area contributed by atoms with E-state index in [4.69, 9.17) is 0 Å². The molecule has 2 nitrogen and oxygen atoms in total. The number of nitrogens with zero attached hydrogens (tertiary/aromatic N) is 2. The molecule has 1 heterocycles. The molecule has 9 heavy (non-hydrogen) atoms. The van der Waals surface area contributed by atoms with Gasteiger partial charge in [0.25, 0.3) is 0 Å². The summed E-state index contributed by atoms with van der Waals surface area (Å²) in [7, 11) is 1.35. The van der Waals surface area contributed by atoms with Gasteiger partial charge in [-0.05, 0) is 6.42 Å². The van der Waals surface area contributed by atoms with Gasteiger partial charge in [-0.15, -0.1) is 0 Å². The molecule has 1 rings (SSSR count). The van der Waals surface area contributed by atoms with Crippen molar-refractivity contribution in [1.29, 1.82) is 0 Å². The van der Waals surface area contributed by atoms with Gasteiger partial charge in [-0.2, -0.15) is 0 Å². The molecule has 0 radical (unpaired) electrons. The highest BCUT2D eigenvalue weighted by Gasteiger charge is 2.01. The minimum Gasteiger partial charge on any atom is -0.361 e. The highest BCUT2D eigenvalue weighted by Crippen LogP contribution is 1.95. The molecule has 0 unspecified atom stereocenters. The maximum absolute atomic E-state index is 4.13. The number of rotatable bonds is 3. The average Bonchev–Trinajstić information content (AvgIpc) is 2.34. The van der Waals surface area contributed by atoms with Gasteiger partial charge in [0, 0.05) is 23.3 Å². The lowest BCUT2D eigenvalue weighted by Gasteiger charge is -2.11. The molecule has 1 aliphatic rings. The second-order valence-corrected chi connectivity index (χ2v) is 3.41. The Morgan fingerprint density at radius 3 is 3.11 bits per heavy atom. The first-order valence-electron chi connectivity index (χ1n) is 3.67. The largest absolute Gasteiger partial charge is 0.361 e. The molecular formula is C6H14N2Si. The third-order valence-electron chi connectivity index (χ3n) is 1.56. The van der Waals surface area contributed by atoms with Crippen molar-refractivity contribution in [3.63, 3.8) is 0 Å². The van der Waals surface area contributed by atoms with Crippen molar-refractivity contribution < 1.29 is 0 Å². The van der Waals surface area contributed by atoms with Gasteiger partial charge in [0.1, 0.15) is 0 Å². The van der Waals surface area contributed by atoms with Crippen molar-refractivity contribution in [1.82, 2.24) is 4.90 Å². The van der Waals surface area contributed by atoms with Gasteiger partial charge in [-0.1, -0.05) is 6.04 Å². The summed E-state index contributed by atoms with van der Waals surface area (Å²) in [5.74, 6) is 0. The molecule has 52 valence electrons. The third kappa shape index (κ3) is 2.18. The van der Waals surface area contributed by atoms with Gasteiger partial charge >= 0.3 is 0 Å². The van der Waals surface area contributed by atoms with Crippen molar-refractivity contribution in [2.75, 3.05) is 19.6 Å². The molecule has 0 atom stereocenters. The first kappa shape index (κ1) is 6.80. The molecular weight excluding hydrogens is 128 g/mol. The Bertz CT molecular complexity index is 103. The molecule has 0 aromatic heterocycles. The predicted molar refractivity (Wildman–Crippen MR) is 44.3 cm³/mol. The van der Waals surface area contributed by atoms with E-state index in [-0.39, 0.29) is 0 Å². The Morgan fingerprint density at radius 2 is 2.56 bits per heavy atom. The fourth-order valence-electron chi connectivity index (χ4n) is 0.948. The highest BCUT2D eigenvalue weighted by molar-refractivity contribution is 6.08. The van der Waals surface area contributed by atoms with Crippen LogP contribution in [0.4, 0.5) is 0 Å². The second-order valence-electron chi connectivity index (χ2n) is 2.41. The van der Waals surface area contributed by atoms with E-state index >= 15 is 0 Å². The first-order valence-corrected chi connectivity index (χ1v) is 5.09. The van der Waals surface area contributed by atoms with E-state index in [1.807, 2.05) is 6.34 Å². The van der Waals surface area contributed by atoms with Crippen LogP contribution in [-0.4, -0.2) is 41.1 Å². The molecule has 0 aromatic carbocycles.